The lowest BCUT2D eigenvalue weighted by molar-refractivity contribution is -0.129. The molecule has 2 aromatic carbocycles. The minimum atomic E-state index is -0.519. The third-order valence-corrected chi connectivity index (χ3v) is 5.23. The molecule has 0 spiro atoms. The summed E-state index contributed by atoms with van der Waals surface area (Å²) in [5.41, 5.74) is 1.55. The summed E-state index contributed by atoms with van der Waals surface area (Å²) in [4.78, 5) is 25.1. The van der Waals surface area contributed by atoms with Gasteiger partial charge in [0.15, 0.2) is 0 Å². The van der Waals surface area contributed by atoms with Gasteiger partial charge in [-0.15, -0.1) is 0 Å². The van der Waals surface area contributed by atoms with Crippen LogP contribution in [0.25, 0.3) is 11.6 Å². The zero-order chi connectivity index (χ0) is 19.8. The first-order chi connectivity index (χ1) is 12.9. The third kappa shape index (κ3) is 6.52. The Labute approximate surface area is 168 Å². The zero-order valence-corrected chi connectivity index (χ0v) is 16.7. The van der Waals surface area contributed by atoms with Gasteiger partial charge in [0, 0.05) is 22.3 Å². The highest BCUT2D eigenvalue weighted by Crippen LogP contribution is 2.21. The summed E-state index contributed by atoms with van der Waals surface area (Å²) in [6.45, 7) is 3.80. The van der Waals surface area contributed by atoms with Gasteiger partial charge in [0.05, 0.1) is 0 Å². The third-order valence-electron chi connectivity index (χ3n) is 3.84. The van der Waals surface area contributed by atoms with Crippen LogP contribution in [0.15, 0.2) is 48.5 Å². The Bertz CT molecular complexity index is 819. The van der Waals surface area contributed by atoms with Crippen LogP contribution in [-0.4, -0.2) is 23.3 Å². The molecule has 0 heterocycles. The SMILES string of the molecule is CCSCC(C)C(=O)NC(=O)/C(=C/c1ccc(Cl)cc1)c1ccc(F)cc1. The van der Waals surface area contributed by atoms with Crippen molar-refractivity contribution in [1.82, 2.24) is 5.32 Å². The van der Waals surface area contributed by atoms with Gasteiger partial charge in [-0.3, -0.25) is 14.9 Å². The van der Waals surface area contributed by atoms with Crippen LogP contribution in [0, 0.1) is 11.7 Å². The molecule has 0 aromatic heterocycles. The normalized spacial score (nSPS) is 12.5. The van der Waals surface area contributed by atoms with Gasteiger partial charge in [0.25, 0.3) is 5.91 Å². The fourth-order valence-electron chi connectivity index (χ4n) is 2.31. The van der Waals surface area contributed by atoms with E-state index in [1.807, 2.05) is 6.92 Å². The second kappa shape index (κ2) is 10.3. The number of halogens is 2. The topological polar surface area (TPSA) is 46.2 Å². The van der Waals surface area contributed by atoms with Crippen LogP contribution in [0.5, 0.6) is 0 Å². The molecule has 1 unspecified atom stereocenters. The summed E-state index contributed by atoms with van der Waals surface area (Å²) in [6.07, 6.45) is 1.65. The van der Waals surface area contributed by atoms with Crippen LogP contribution in [0.3, 0.4) is 0 Å². The monoisotopic (exact) mass is 405 g/mol. The predicted octanol–water partition coefficient (Wildman–Crippen LogP) is 5.05. The highest BCUT2D eigenvalue weighted by Gasteiger charge is 2.19. The zero-order valence-electron chi connectivity index (χ0n) is 15.2. The summed E-state index contributed by atoms with van der Waals surface area (Å²) in [5, 5.41) is 3.04. The number of hydrogen-bond donors (Lipinski definition) is 1. The first-order valence-corrected chi connectivity index (χ1v) is 10.1. The lowest BCUT2D eigenvalue weighted by Gasteiger charge is -2.13. The van der Waals surface area contributed by atoms with Gasteiger partial charge in [0.2, 0.25) is 5.91 Å². The van der Waals surface area contributed by atoms with Crippen molar-refractivity contribution in [2.24, 2.45) is 5.92 Å². The van der Waals surface area contributed by atoms with Gasteiger partial charge in [-0.05, 0) is 47.2 Å². The Hall–Kier alpha value is -2.11. The number of rotatable bonds is 7. The molecule has 0 aliphatic carbocycles. The van der Waals surface area contributed by atoms with E-state index in [-0.39, 0.29) is 17.4 Å². The average Bonchev–Trinajstić information content (AvgIpc) is 2.66. The number of thioether (sulfide) groups is 1. The van der Waals surface area contributed by atoms with E-state index in [2.05, 4.69) is 5.32 Å². The lowest BCUT2D eigenvalue weighted by Crippen LogP contribution is -2.36. The molecule has 6 heteroatoms. The maximum Gasteiger partial charge on any atom is 0.258 e. The smallest absolute Gasteiger partial charge is 0.258 e. The van der Waals surface area contributed by atoms with E-state index in [1.165, 1.54) is 24.3 Å². The van der Waals surface area contributed by atoms with Crippen LogP contribution < -0.4 is 5.32 Å². The largest absolute Gasteiger partial charge is 0.292 e. The average molecular weight is 406 g/mol. The number of benzene rings is 2. The van der Waals surface area contributed by atoms with E-state index in [4.69, 9.17) is 11.6 Å². The van der Waals surface area contributed by atoms with E-state index in [0.717, 1.165) is 11.3 Å². The summed E-state index contributed by atoms with van der Waals surface area (Å²) >= 11 is 7.54. The van der Waals surface area contributed by atoms with Gasteiger partial charge in [-0.2, -0.15) is 11.8 Å². The first kappa shape index (κ1) is 21.2. The fraction of sp³-hybridized carbons (Fsp3) is 0.238. The van der Waals surface area contributed by atoms with Crippen molar-refractivity contribution >= 4 is 46.8 Å². The van der Waals surface area contributed by atoms with Gasteiger partial charge in [-0.1, -0.05) is 49.7 Å². The van der Waals surface area contributed by atoms with Crippen molar-refractivity contribution < 1.29 is 14.0 Å². The molecule has 142 valence electrons. The molecule has 27 heavy (non-hydrogen) atoms. The summed E-state index contributed by atoms with van der Waals surface area (Å²) in [5.74, 6) is 0.0146. The van der Waals surface area contributed by atoms with E-state index < -0.39 is 11.7 Å². The van der Waals surface area contributed by atoms with Gasteiger partial charge in [-0.25, -0.2) is 4.39 Å². The Balaban J connectivity index is 2.28. The Morgan fingerprint density at radius 2 is 1.78 bits per heavy atom. The van der Waals surface area contributed by atoms with E-state index in [0.29, 0.717) is 16.3 Å². The lowest BCUT2D eigenvalue weighted by atomic mass is 10.0. The number of hydrogen-bond acceptors (Lipinski definition) is 3. The fourth-order valence-corrected chi connectivity index (χ4v) is 3.17. The molecule has 2 aromatic rings. The summed E-state index contributed by atoms with van der Waals surface area (Å²) in [7, 11) is 0. The van der Waals surface area contributed by atoms with Crippen LogP contribution in [-0.2, 0) is 9.59 Å². The molecule has 0 radical (unpaired) electrons. The highest BCUT2D eigenvalue weighted by atomic mass is 35.5. The van der Waals surface area contributed by atoms with Crippen LogP contribution in [0.1, 0.15) is 25.0 Å². The highest BCUT2D eigenvalue weighted by molar-refractivity contribution is 7.99. The molecule has 0 saturated heterocycles. The first-order valence-electron chi connectivity index (χ1n) is 8.57. The minimum Gasteiger partial charge on any atom is -0.292 e. The summed E-state index contributed by atoms with van der Waals surface area (Å²) < 4.78 is 13.3. The van der Waals surface area contributed by atoms with Gasteiger partial charge < -0.3 is 0 Å². The quantitative estimate of drug-likeness (QED) is 0.517. The van der Waals surface area contributed by atoms with Crippen LogP contribution in [0.4, 0.5) is 4.39 Å². The summed E-state index contributed by atoms with van der Waals surface area (Å²) in [6, 6.07) is 12.5. The molecule has 0 aliphatic rings. The Morgan fingerprint density at radius 1 is 1.15 bits per heavy atom. The molecule has 0 aliphatic heterocycles. The minimum absolute atomic E-state index is 0.279. The number of carbonyl (C=O) groups excluding carboxylic acids is 2. The molecule has 3 nitrogen and oxygen atoms in total. The molecule has 2 amide bonds. The second-order valence-corrected chi connectivity index (χ2v) is 7.75. The van der Waals surface area contributed by atoms with Crippen molar-refractivity contribution in [3.63, 3.8) is 0 Å². The second-order valence-electron chi connectivity index (χ2n) is 6.00. The molecule has 0 bridgehead atoms. The van der Waals surface area contributed by atoms with Gasteiger partial charge >= 0.3 is 0 Å². The van der Waals surface area contributed by atoms with Crippen molar-refractivity contribution in [3.8, 4) is 0 Å². The Morgan fingerprint density at radius 3 is 2.37 bits per heavy atom. The predicted molar refractivity (Wildman–Crippen MR) is 111 cm³/mol. The molecule has 2 rings (SSSR count). The maximum atomic E-state index is 13.3. The Kier molecular flexibility index (Phi) is 8.07. The molecular formula is C21H21ClFNO2S. The molecule has 1 N–H and O–H groups in total. The number of amides is 2. The van der Waals surface area contributed by atoms with Gasteiger partial charge in [0.1, 0.15) is 5.82 Å². The number of imide groups is 1. The van der Waals surface area contributed by atoms with E-state index in [9.17, 15) is 14.0 Å². The number of nitrogens with one attached hydrogen (secondary N) is 1. The maximum absolute atomic E-state index is 13.3. The van der Waals surface area contributed by atoms with Crippen LogP contribution in [0.2, 0.25) is 5.02 Å². The van der Waals surface area contributed by atoms with Crippen molar-refractivity contribution in [1.29, 1.82) is 0 Å². The molecule has 0 saturated carbocycles. The number of carbonyl (C=O) groups is 2. The molecular weight excluding hydrogens is 385 g/mol. The van der Waals surface area contributed by atoms with E-state index in [1.54, 1.807) is 49.0 Å². The van der Waals surface area contributed by atoms with Crippen molar-refractivity contribution in [2.75, 3.05) is 11.5 Å². The molecule has 1 atom stereocenters. The van der Waals surface area contributed by atoms with Crippen LogP contribution >= 0.6 is 23.4 Å². The van der Waals surface area contributed by atoms with Crippen molar-refractivity contribution in [3.05, 3.63) is 70.5 Å². The van der Waals surface area contributed by atoms with Crippen molar-refractivity contribution in [2.45, 2.75) is 13.8 Å². The van der Waals surface area contributed by atoms with E-state index >= 15 is 0 Å². The standard InChI is InChI=1S/C21H21ClFNO2S/c1-3-27-13-14(2)20(25)24-21(26)19(16-6-10-18(23)11-7-16)12-15-4-8-17(22)9-5-15/h4-12,14H,3,13H2,1-2H3,(H,24,25,26)/b19-12+. The molecule has 0 fully saturated rings.